The molecule has 0 atom stereocenters. The van der Waals surface area contributed by atoms with Gasteiger partial charge >= 0.3 is 0 Å². The maximum absolute atomic E-state index is 12.3. The number of benzene rings is 2. The van der Waals surface area contributed by atoms with Crippen LogP contribution in [0.3, 0.4) is 0 Å². The van der Waals surface area contributed by atoms with E-state index in [-0.39, 0.29) is 17.9 Å². The predicted octanol–water partition coefficient (Wildman–Crippen LogP) is 2.28. The first-order valence-electron chi connectivity index (χ1n) is 8.68. The van der Waals surface area contributed by atoms with Crippen molar-refractivity contribution in [2.75, 3.05) is 13.7 Å². The van der Waals surface area contributed by atoms with E-state index in [1.54, 1.807) is 7.11 Å². The van der Waals surface area contributed by atoms with E-state index in [2.05, 4.69) is 10.3 Å². The molecule has 2 aromatic carbocycles. The van der Waals surface area contributed by atoms with Crippen LogP contribution in [-0.4, -0.2) is 29.1 Å². The average Bonchev–Trinajstić information content (AvgIpc) is 2.70. The van der Waals surface area contributed by atoms with Crippen molar-refractivity contribution < 1.29 is 9.53 Å². The van der Waals surface area contributed by atoms with Gasteiger partial charge in [0.2, 0.25) is 5.91 Å². The van der Waals surface area contributed by atoms with E-state index in [1.165, 1.54) is 17.0 Å². The maximum Gasteiger partial charge on any atom is 0.253 e. The highest BCUT2D eigenvalue weighted by Crippen LogP contribution is 2.17. The number of nitrogens with one attached hydrogen (secondary N) is 1. The summed E-state index contributed by atoms with van der Waals surface area (Å²) in [6.45, 7) is 0.707. The molecule has 0 saturated heterocycles. The second kappa shape index (κ2) is 8.80. The standard InChI is InChI=1S/C21H21N3O3/c1-27-19-10-6-5-9-17(19)13-20(25)22-11-12-24-15-23-18(14-21(24)26)16-7-3-2-4-8-16/h2-10,14-15H,11-13H2,1H3,(H,22,25). The zero-order valence-corrected chi connectivity index (χ0v) is 15.1. The Balaban J connectivity index is 1.56. The second-order valence-electron chi connectivity index (χ2n) is 6.01. The van der Waals surface area contributed by atoms with E-state index in [9.17, 15) is 9.59 Å². The zero-order chi connectivity index (χ0) is 19.1. The number of hydrogen-bond donors (Lipinski definition) is 1. The third kappa shape index (κ3) is 4.82. The summed E-state index contributed by atoms with van der Waals surface area (Å²) in [5.74, 6) is 0.561. The van der Waals surface area contributed by atoms with Crippen molar-refractivity contribution in [2.24, 2.45) is 0 Å². The molecular formula is C21H21N3O3. The minimum Gasteiger partial charge on any atom is -0.496 e. The second-order valence-corrected chi connectivity index (χ2v) is 6.01. The van der Waals surface area contributed by atoms with Gasteiger partial charge in [0.15, 0.2) is 0 Å². The van der Waals surface area contributed by atoms with Crippen LogP contribution in [0.1, 0.15) is 5.56 Å². The summed E-state index contributed by atoms with van der Waals surface area (Å²) in [5.41, 5.74) is 2.20. The van der Waals surface area contributed by atoms with E-state index in [0.29, 0.717) is 24.5 Å². The highest BCUT2D eigenvalue weighted by atomic mass is 16.5. The fourth-order valence-corrected chi connectivity index (χ4v) is 2.76. The number of carbonyl (C=O) groups is 1. The molecule has 0 unspecified atom stereocenters. The number of aromatic nitrogens is 2. The Morgan fingerprint density at radius 1 is 1.11 bits per heavy atom. The monoisotopic (exact) mass is 363 g/mol. The molecule has 0 aliphatic carbocycles. The third-order valence-corrected chi connectivity index (χ3v) is 4.17. The lowest BCUT2D eigenvalue weighted by Crippen LogP contribution is -2.31. The number of para-hydroxylation sites is 1. The van der Waals surface area contributed by atoms with Gasteiger partial charge in [-0.05, 0) is 6.07 Å². The Bertz CT molecular complexity index is 968. The Labute approximate surface area is 157 Å². The van der Waals surface area contributed by atoms with Crippen LogP contribution in [0.15, 0.2) is 71.8 Å². The number of methoxy groups -OCH3 is 1. The number of carbonyl (C=O) groups excluding carboxylic acids is 1. The molecule has 3 aromatic rings. The first-order valence-corrected chi connectivity index (χ1v) is 8.68. The van der Waals surface area contributed by atoms with Gasteiger partial charge in [0.1, 0.15) is 5.75 Å². The minimum atomic E-state index is -0.150. The van der Waals surface area contributed by atoms with Gasteiger partial charge in [-0.3, -0.25) is 14.2 Å². The quantitative estimate of drug-likeness (QED) is 0.699. The Morgan fingerprint density at radius 3 is 2.59 bits per heavy atom. The van der Waals surface area contributed by atoms with Gasteiger partial charge in [0.25, 0.3) is 5.56 Å². The van der Waals surface area contributed by atoms with Crippen LogP contribution in [-0.2, 0) is 17.8 Å². The lowest BCUT2D eigenvalue weighted by molar-refractivity contribution is -0.120. The summed E-state index contributed by atoms with van der Waals surface area (Å²) < 4.78 is 6.73. The molecule has 0 fully saturated rings. The van der Waals surface area contributed by atoms with Crippen LogP contribution in [0.2, 0.25) is 0 Å². The van der Waals surface area contributed by atoms with Gasteiger partial charge in [-0.15, -0.1) is 0 Å². The van der Waals surface area contributed by atoms with E-state index < -0.39 is 0 Å². The molecule has 6 heteroatoms. The van der Waals surface area contributed by atoms with Gasteiger partial charge in [-0.1, -0.05) is 48.5 Å². The summed E-state index contributed by atoms with van der Waals surface area (Å²) in [4.78, 5) is 28.7. The van der Waals surface area contributed by atoms with E-state index in [0.717, 1.165) is 11.1 Å². The van der Waals surface area contributed by atoms with Crippen molar-refractivity contribution in [3.05, 3.63) is 82.9 Å². The van der Waals surface area contributed by atoms with E-state index in [1.807, 2.05) is 54.6 Å². The summed E-state index contributed by atoms with van der Waals surface area (Å²) in [5, 5.41) is 2.82. The summed E-state index contributed by atoms with van der Waals surface area (Å²) in [6.07, 6.45) is 1.74. The molecule has 3 rings (SSSR count). The highest BCUT2D eigenvalue weighted by molar-refractivity contribution is 5.79. The van der Waals surface area contributed by atoms with Crippen molar-refractivity contribution in [2.45, 2.75) is 13.0 Å². The first kappa shape index (κ1) is 18.4. The molecule has 138 valence electrons. The van der Waals surface area contributed by atoms with Crippen molar-refractivity contribution >= 4 is 5.91 Å². The smallest absolute Gasteiger partial charge is 0.253 e. The first-order chi connectivity index (χ1) is 13.2. The minimum absolute atomic E-state index is 0.124. The molecule has 0 aliphatic rings. The summed E-state index contributed by atoms with van der Waals surface area (Å²) in [7, 11) is 1.58. The molecule has 0 bridgehead atoms. The van der Waals surface area contributed by atoms with Crippen LogP contribution in [0.4, 0.5) is 0 Å². The SMILES string of the molecule is COc1ccccc1CC(=O)NCCn1cnc(-c2ccccc2)cc1=O. The lowest BCUT2D eigenvalue weighted by atomic mass is 10.1. The maximum atomic E-state index is 12.3. The molecule has 1 aromatic heterocycles. The van der Waals surface area contributed by atoms with Gasteiger partial charge in [-0.25, -0.2) is 4.98 Å². The van der Waals surface area contributed by atoms with Gasteiger partial charge < -0.3 is 10.1 Å². The van der Waals surface area contributed by atoms with Gasteiger partial charge in [0, 0.05) is 30.3 Å². The Morgan fingerprint density at radius 2 is 1.85 bits per heavy atom. The number of ether oxygens (including phenoxy) is 1. The Hall–Kier alpha value is -3.41. The molecule has 1 N–H and O–H groups in total. The van der Waals surface area contributed by atoms with Crippen LogP contribution >= 0.6 is 0 Å². The zero-order valence-electron chi connectivity index (χ0n) is 15.1. The number of hydrogen-bond acceptors (Lipinski definition) is 4. The fourth-order valence-electron chi connectivity index (χ4n) is 2.76. The lowest BCUT2D eigenvalue weighted by Gasteiger charge is -2.10. The number of nitrogens with zero attached hydrogens (tertiary/aromatic N) is 2. The van der Waals surface area contributed by atoms with Crippen molar-refractivity contribution in [1.29, 1.82) is 0 Å². The van der Waals surface area contributed by atoms with E-state index in [4.69, 9.17) is 4.74 Å². The molecule has 1 heterocycles. The number of amides is 1. The van der Waals surface area contributed by atoms with Crippen LogP contribution in [0.25, 0.3) is 11.3 Å². The van der Waals surface area contributed by atoms with Crippen molar-refractivity contribution in [3.63, 3.8) is 0 Å². The number of rotatable bonds is 7. The molecule has 0 radical (unpaired) electrons. The normalized spacial score (nSPS) is 10.4. The summed E-state index contributed by atoms with van der Waals surface area (Å²) in [6, 6.07) is 18.4. The van der Waals surface area contributed by atoms with E-state index >= 15 is 0 Å². The van der Waals surface area contributed by atoms with Crippen molar-refractivity contribution in [3.8, 4) is 17.0 Å². The molecule has 1 amide bonds. The largest absolute Gasteiger partial charge is 0.496 e. The third-order valence-electron chi connectivity index (χ3n) is 4.17. The molecule has 27 heavy (non-hydrogen) atoms. The van der Waals surface area contributed by atoms with Crippen LogP contribution in [0.5, 0.6) is 5.75 Å². The average molecular weight is 363 g/mol. The molecule has 0 saturated carbocycles. The predicted molar refractivity (Wildman–Crippen MR) is 104 cm³/mol. The molecular weight excluding hydrogens is 342 g/mol. The fraction of sp³-hybridized carbons (Fsp3) is 0.190. The van der Waals surface area contributed by atoms with Gasteiger partial charge in [-0.2, -0.15) is 0 Å². The van der Waals surface area contributed by atoms with Crippen LogP contribution in [0, 0.1) is 0 Å². The Kier molecular flexibility index (Phi) is 5.99. The van der Waals surface area contributed by atoms with Crippen molar-refractivity contribution in [1.82, 2.24) is 14.9 Å². The summed E-state index contributed by atoms with van der Waals surface area (Å²) >= 11 is 0. The molecule has 0 spiro atoms. The van der Waals surface area contributed by atoms with Gasteiger partial charge in [0.05, 0.1) is 25.6 Å². The highest BCUT2D eigenvalue weighted by Gasteiger charge is 2.08. The van der Waals surface area contributed by atoms with Crippen LogP contribution < -0.4 is 15.6 Å². The molecule has 0 aliphatic heterocycles. The molecule has 6 nitrogen and oxygen atoms in total. The topological polar surface area (TPSA) is 73.2 Å².